The molecule has 0 N–H and O–H groups in total. The highest BCUT2D eigenvalue weighted by molar-refractivity contribution is 7.07. The normalized spacial score (nSPS) is 15.0. The summed E-state index contributed by atoms with van der Waals surface area (Å²) in [6.07, 6.45) is 5.11. The fourth-order valence-corrected chi connectivity index (χ4v) is 5.52. The third-order valence-electron chi connectivity index (χ3n) is 6.07. The zero-order chi connectivity index (χ0) is 28.1. The van der Waals surface area contributed by atoms with E-state index in [0.29, 0.717) is 54.3 Å². The summed E-state index contributed by atoms with van der Waals surface area (Å²) >= 11 is 13.5. The first-order valence-corrected chi connectivity index (χ1v) is 13.9. The number of aromatic nitrogens is 1. The van der Waals surface area contributed by atoms with Gasteiger partial charge in [0.15, 0.2) is 16.3 Å². The maximum Gasteiger partial charge on any atom is 0.338 e. The zero-order valence-electron chi connectivity index (χ0n) is 21.8. The van der Waals surface area contributed by atoms with Crippen LogP contribution in [0.3, 0.4) is 0 Å². The Kier molecular flexibility index (Phi) is 9.32. The molecule has 2 aromatic carbocycles. The van der Waals surface area contributed by atoms with Crippen molar-refractivity contribution >= 4 is 46.6 Å². The number of rotatable bonds is 10. The maximum atomic E-state index is 13.8. The van der Waals surface area contributed by atoms with Crippen LogP contribution in [0.1, 0.15) is 43.9 Å². The minimum absolute atomic E-state index is 0.0254. The number of unbranched alkanes of at least 4 members (excludes halogenated alkanes) is 1. The van der Waals surface area contributed by atoms with Crippen molar-refractivity contribution in [2.24, 2.45) is 4.99 Å². The van der Waals surface area contributed by atoms with Gasteiger partial charge in [-0.1, -0.05) is 72.7 Å². The number of allylic oxidation sites excluding steroid dienone is 1. The monoisotopic (exact) mass is 586 g/mol. The molecule has 0 aliphatic carbocycles. The molecule has 0 bridgehead atoms. The van der Waals surface area contributed by atoms with Crippen molar-refractivity contribution in [1.82, 2.24) is 4.57 Å². The van der Waals surface area contributed by atoms with Gasteiger partial charge in [0.05, 0.1) is 45.6 Å². The number of benzene rings is 2. The number of hydrogen-bond donors (Lipinski definition) is 0. The Labute approximate surface area is 240 Å². The number of esters is 1. The van der Waals surface area contributed by atoms with E-state index in [1.165, 1.54) is 22.0 Å². The lowest BCUT2D eigenvalue weighted by molar-refractivity contribution is -0.138. The van der Waals surface area contributed by atoms with E-state index in [9.17, 15) is 9.59 Å². The van der Waals surface area contributed by atoms with E-state index < -0.39 is 12.0 Å². The second kappa shape index (κ2) is 12.7. The standard InChI is InChI=1S/C29H28Cl2N2O5S/c1-5-7-13-37-22-11-9-19(16-23(22)36-4)26-25(28(35)38-12-6-2)17(3)32-29-33(26)27(34)24(39-29)15-18-8-10-20(30)21(31)14-18/h6,8-11,14-16,26H,2,5,7,12-13H2,1,3-4H3/b24-15-. The summed E-state index contributed by atoms with van der Waals surface area (Å²) in [5, 5.41) is 0.803. The first-order chi connectivity index (χ1) is 18.8. The molecule has 1 unspecified atom stereocenters. The number of methoxy groups -OCH3 is 1. The van der Waals surface area contributed by atoms with Gasteiger partial charge in [-0.05, 0) is 54.8 Å². The molecule has 7 nitrogen and oxygen atoms in total. The summed E-state index contributed by atoms with van der Waals surface area (Å²) in [5.74, 6) is 0.496. The topological polar surface area (TPSA) is 79.1 Å². The van der Waals surface area contributed by atoms with Crippen LogP contribution < -0.4 is 24.4 Å². The molecule has 10 heteroatoms. The van der Waals surface area contributed by atoms with Crippen molar-refractivity contribution in [2.45, 2.75) is 32.7 Å². The molecule has 3 aromatic rings. The van der Waals surface area contributed by atoms with E-state index in [2.05, 4.69) is 18.5 Å². The second-order valence-electron chi connectivity index (χ2n) is 8.75. The molecule has 0 saturated carbocycles. The van der Waals surface area contributed by atoms with Crippen LogP contribution in [0.4, 0.5) is 0 Å². The lowest BCUT2D eigenvalue weighted by Crippen LogP contribution is -2.40. The quantitative estimate of drug-likeness (QED) is 0.179. The average molecular weight is 588 g/mol. The van der Waals surface area contributed by atoms with E-state index in [0.717, 1.165) is 12.8 Å². The Bertz CT molecular complexity index is 1620. The van der Waals surface area contributed by atoms with Crippen LogP contribution in [0.25, 0.3) is 6.08 Å². The van der Waals surface area contributed by atoms with Crippen LogP contribution >= 0.6 is 34.5 Å². The van der Waals surface area contributed by atoms with Gasteiger partial charge in [0, 0.05) is 0 Å². The largest absolute Gasteiger partial charge is 0.493 e. The molecule has 0 radical (unpaired) electrons. The van der Waals surface area contributed by atoms with Gasteiger partial charge in [0.2, 0.25) is 0 Å². The lowest BCUT2D eigenvalue weighted by Gasteiger charge is -2.25. The van der Waals surface area contributed by atoms with Crippen LogP contribution in [-0.4, -0.2) is 30.9 Å². The Morgan fingerprint density at radius 2 is 1.97 bits per heavy atom. The van der Waals surface area contributed by atoms with Gasteiger partial charge in [-0.3, -0.25) is 9.36 Å². The third-order valence-corrected chi connectivity index (χ3v) is 7.80. The van der Waals surface area contributed by atoms with Gasteiger partial charge in [0.25, 0.3) is 5.56 Å². The molecule has 0 fully saturated rings. The van der Waals surface area contributed by atoms with E-state index in [1.807, 2.05) is 6.07 Å². The highest BCUT2D eigenvalue weighted by Gasteiger charge is 2.34. The summed E-state index contributed by atoms with van der Waals surface area (Å²) in [7, 11) is 1.55. The predicted octanol–water partition coefficient (Wildman–Crippen LogP) is 5.46. The van der Waals surface area contributed by atoms with Crippen LogP contribution in [0.2, 0.25) is 10.0 Å². The number of carbonyl (C=O) groups is 1. The van der Waals surface area contributed by atoms with Crippen molar-refractivity contribution in [3.8, 4) is 11.5 Å². The van der Waals surface area contributed by atoms with Crippen molar-refractivity contribution in [2.75, 3.05) is 20.3 Å². The molecule has 204 valence electrons. The zero-order valence-corrected chi connectivity index (χ0v) is 24.2. The summed E-state index contributed by atoms with van der Waals surface area (Å²) in [4.78, 5) is 32.1. The van der Waals surface area contributed by atoms with Gasteiger partial charge in [-0.2, -0.15) is 0 Å². The summed E-state index contributed by atoms with van der Waals surface area (Å²) in [6, 6.07) is 9.72. The molecule has 0 saturated heterocycles. The fourth-order valence-electron chi connectivity index (χ4n) is 4.16. The number of hydrogen-bond acceptors (Lipinski definition) is 7. The van der Waals surface area contributed by atoms with E-state index in [4.69, 9.17) is 37.4 Å². The van der Waals surface area contributed by atoms with Crippen molar-refractivity contribution in [1.29, 1.82) is 0 Å². The molecular weight excluding hydrogens is 559 g/mol. The Morgan fingerprint density at radius 1 is 1.18 bits per heavy atom. The Balaban J connectivity index is 1.89. The summed E-state index contributed by atoms with van der Waals surface area (Å²) in [5.41, 5.74) is 1.77. The smallest absolute Gasteiger partial charge is 0.338 e. The predicted molar refractivity (Wildman–Crippen MR) is 155 cm³/mol. The first kappa shape index (κ1) is 28.7. The number of ether oxygens (including phenoxy) is 3. The lowest BCUT2D eigenvalue weighted by atomic mass is 9.95. The number of carbonyl (C=O) groups excluding carboxylic acids is 1. The molecule has 39 heavy (non-hydrogen) atoms. The highest BCUT2D eigenvalue weighted by atomic mass is 35.5. The molecule has 2 heterocycles. The van der Waals surface area contributed by atoms with Gasteiger partial charge in [0.1, 0.15) is 6.61 Å². The summed E-state index contributed by atoms with van der Waals surface area (Å²) < 4.78 is 18.8. The third kappa shape index (κ3) is 6.13. The van der Waals surface area contributed by atoms with Crippen LogP contribution in [0.15, 0.2) is 70.1 Å². The molecular formula is C29H28Cl2N2O5S. The van der Waals surface area contributed by atoms with Gasteiger partial charge in [-0.15, -0.1) is 0 Å². The van der Waals surface area contributed by atoms with Crippen molar-refractivity contribution < 1.29 is 19.0 Å². The van der Waals surface area contributed by atoms with E-state index >= 15 is 0 Å². The summed E-state index contributed by atoms with van der Waals surface area (Å²) in [6.45, 7) is 8.01. The number of fused-ring (bicyclic) bond motifs is 1. The molecule has 1 atom stereocenters. The van der Waals surface area contributed by atoms with Crippen LogP contribution in [0, 0.1) is 0 Å². The fraction of sp³-hybridized carbons (Fsp3) is 0.276. The van der Waals surface area contributed by atoms with E-state index in [1.54, 1.807) is 50.4 Å². The highest BCUT2D eigenvalue weighted by Crippen LogP contribution is 2.36. The minimum Gasteiger partial charge on any atom is -0.493 e. The number of nitrogens with zero attached hydrogens (tertiary/aromatic N) is 2. The Morgan fingerprint density at radius 3 is 2.67 bits per heavy atom. The van der Waals surface area contributed by atoms with Crippen molar-refractivity contribution in [3.63, 3.8) is 0 Å². The SMILES string of the molecule is C=CCOC(=O)C1=C(C)N=c2s/c(=C\c3ccc(Cl)c(Cl)c3)c(=O)n2C1c1ccc(OCCCC)c(OC)c1. The average Bonchev–Trinajstić information content (AvgIpc) is 3.22. The van der Waals surface area contributed by atoms with Crippen LogP contribution in [0.5, 0.6) is 11.5 Å². The Hall–Kier alpha value is -3.33. The molecule has 0 amide bonds. The molecule has 1 aliphatic rings. The van der Waals surface area contributed by atoms with Crippen LogP contribution in [-0.2, 0) is 9.53 Å². The van der Waals surface area contributed by atoms with Crippen molar-refractivity contribution in [3.05, 3.63) is 101 Å². The number of thiazole rings is 1. The minimum atomic E-state index is -0.798. The van der Waals surface area contributed by atoms with Gasteiger partial charge < -0.3 is 14.2 Å². The molecule has 1 aliphatic heterocycles. The molecule has 4 rings (SSSR count). The number of halogens is 2. The molecule has 1 aromatic heterocycles. The molecule has 0 spiro atoms. The maximum absolute atomic E-state index is 13.8. The first-order valence-electron chi connectivity index (χ1n) is 12.3. The van der Waals surface area contributed by atoms with Gasteiger partial charge in [-0.25, -0.2) is 9.79 Å². The second-order valence-corrected chi connectivity index (χ2v) is 10.6. The van der Waals surface area contributed by atoms with Gasteiger partial charge >= 0.3 is 5.97 Å². The van der Waals surface area contributed by atoms with E-state index in [-0.39, 0.29) is 17.7 Å².